The molecule has 1 N–H and O–H groups in total. The molecule has 94 valence electrons. The van der Waals surface area contributed by atoms with Gasteiger partial charge >= 0.3 is 0 Å². The Kier molecular flexibility index (Phi) is 3.97. The van der Waals surface area contributed by atoms with Crippen molar-refractivity contribution in [2.75, 3.05) is 5.32 Å². The smallest absolute Gasteiger partial charge is 0.149 e. The molecule has 0 aliphatic heterocycles. The summed E-state index contributed by atoms with van der Waals surface area (Å²) in [5.41, 5.74) is 0.0347. The van der Waals surface area contributed by atoms with Gasteiger partial charge in [-0.25, -0.2) is 8.78 Å². The first-order valence-corrected chi connectivity index (χ1v) is 6.41. The summed E-state index contributed by atoms with van der Waals surface area (Å²) in [6.07, 6.45) is 5.54. The molecule has 1 nitrogen and oxygen atoms in total. The topological polar surface area (TPSA) is 12.0 Å². The minimum Gasteiger partial charge on any atom is -0.378 e. The lowest BCUT2D eigenvalue weighted by Gasteiger charge is -2.29. The van der Waals surface area contributed by atoms with E-state index in [4.69, 9.17) is 0 Å². The number of benzene rings is 1. The average Bonchev–Trinajstić information content (AvgIpc) is 2.35. The maximum atomic E-state index is 13.4. The van der Waals surface area contributed by atoms with Gasteiger partial charge < -0.3 is 5.32 Å². The van der Waals surface area contributed by atoms with Gasteiger partial charge in [0.1, 0.15) is 17.3 Å². The lowest BCUT2D eigenvalue weighted by molar-refractivity contribution is 0.329. The predicted molar refractivity (Wildman–Crippen MR) is 66.0 cm³/mol. The van der Waals surface area contributed by atoms with Crippen LogP contribution in [0.5, 0.6) is 0 Å². The van der Waals surface area contributed by atoms with E-state index in [1.54, 1.807) is 0 Å². The van der Waals surface area contributed by atoms with Crippen molar-refractivity contribution in [1.82, 2.24) is 0 Å². The molecule has 0 unspecified atom stereocenters. The second-order valence-corrected chi connectivity index (χ2v) is 4.87. The Morgan fingerprint density at radius 1 is 1.12 bits per heavy atom. The van der Waals surface area contributed by atoms with E-state index < -0.39 is 11.6 Å². The van der Waals surface area contributed by atoms with Crippen LogP contribution in [0.3, 0.4) is 0 Å². The third kappa shape index (κ3) is 2.96. The lowest BCUT2D eigenvalue weighted by Crippen LogP contribution is -2.26. The van der Waals surface area contributed by atoms with Crippen molar-refractivity contribution in [2.45, 2.75) is 45.1 Å². The van der Waals surface area contributed by atoms with Crippen LogP contribution in [0.4, 0.5) is 14.5 Å². The maximum absolute atomic E-state index is 13.4. The third-order valence-corrected chi connectivity index (χ3v) is 3.74. The molecule has 1 aliphatic rings. The van der Waals surface area contributed by atoms with Crippen molar-refractivity contribution < 1.29 is 8.78 Å². The molecule has 0 saturated heterocycles. The minimum atomic E-state index is -0.498. The Bertz CT molecular complexity index is 350. The van der Waals surface area contributed by atoms with E-state index in [0.29, 0.717) is 0 Å². The lowest BCUT2D eigenvalue weighted by atomic mass is 9.84. The van der Waals surface area contributed by atoms with Crippen LogP contribution in [-0.4, -0.2) is 6.04 Å². The fourth-order valence-corrected chi connectivity index (χ4v) is 2.55. The van der Waals surface area contributed by atoms with Gasteiger partial charge in [0.25, 0.3) is 0 Å². The van der Waals surface area contributed by atoms with Crippen LogP contribution in [0.15, 0.2) is 18.2 Å². The molecule has 1 saturated carbocycles. The molecule has 1 aromatic rings. The first-order valence-electron chi connectivity index (χ1n) is 6.41. The number of rotatable bonds is 3. The highest BCUT2D eigenvalue weighted by atomic mass is 19.1. The van der Waals surface area contributed by atoms with Crippen molar-refractivity contribution >= 4 is 5.69 Å². The number of halogens is 2. The highest BCUT2D eigenvalue weighted by Crippen LogP contribution is 2.29. The van der Waals surface area contributed by atoms with Gasteiger partial charge in [0.2, 0.25) is 0 Å². The van der Waals surface area contributed by atoms with Crippen LogP contribution in [-0.2, 0) is 0 Å². The first kappa shape index (κ1) is 12.3. The predicted octanol–water partition coefficient (Wildman–Crippen LogP) is 4.35. The first-order chi connectivity index (χ1) is 8.20. The van der Waals surface area contributed by atoms with Gasteiger partial charge in [0.15, 0.2) is 0 Å². The Labute approximate surface area is 101 Å². The zero-order valence-corrected chi connectivity index (χ0v) is 10.2. The Morgan fingerprint density at radius 3 is 2.24 bits per heavy atom. The van der Waals surface area contributed by atoms with Gasteiger partial charge in [-0.3, -0.25) is 0 Å². The quantitative estimate of drug-likeness (QED) is 0.827. The molecule has 0 radical (unpaired) electrons. The summed E-state index contributed by atoms with van der Waals surface area (Å²) in [6, 6.07) is 4.19. The van der Waals surface area contributed by atoms with Crippen molar-refractivity contribution in [3.05, 3.63) is 29.8 Å². The minimum absolute atomic E-state index is 0.0347. The molecule has 0 heterocycles. The molecule has 3 heteroatoms. The fraction of sp³-hybridized carbons (Fsp3) is 0.571. The van der Waals surface area contributed by atoms with Gasteiger partial charge in [0.05, 0.1) is 0 Å². The van der Waals surface area contributed by atoms with E-state index >= 15 is 0 Å². The monoisotopic (exact) mass is 239 g/mol. The molecule has 0 bridgehead atoms. The summed E-state index contributed by atoms with van der Waals surface area (Å²) in [5, 5.41) is 3.01. The number of hydrogen-bond acceptors (Lipinski definition) is 1. The van der Waals surface area contributed by atoms with Crippen LogP contribution < -0.4 is 5.32 Å². The summed E-state index contributed by atoms with van der Waals surface area (Å²) >= 11 is 0. The molecule has 1 fully saturated rings. The highest BCUT2D eigenvalue weighted by molar-refractivity contribution is 5.46. The van der Waals surface area contributed by atoms with E-state index in [0.717, 1.165) is 31.6 Å². The normalized spacial score (nSPS) is 24.6. The average molecular weight is 239 g/mol. The molecular weight excluding hydrogens is 220 g/mol. The van der Waals surface area contributed by atoms with Gasteiger partial charge in [-0.15, -0.1) is 0 Å². The largest absolute Gasteiger partial charge is 0.378 e. The van der Waals surface area contributed by atoms with Gasteiger partial charge in [-0.2, -0.15) is 0 Å². The number of para-hydroxylation sites is 1. The Hall–Kier alpha value is -1.12. The molecule has 1 aliphatic carbocycles. The van der Waals surface area contributed by atoms with Crippen LogP contribution in [0, 0.1) is 17.6 Å². The number of anilines is 1. The molecule has 17 heavy (non-hydrogen) atoms. The number of hydrogen-bond donors (Lipinski definition) is 1. The zero-order valence-electron chi connectivity index (χ0n) is 10.2. The van der Waals surface area contributed by atoms with Crippen molar-refractivity contribution in [1.29, 1.82) is 0 Å². The summed E-state index contributed by atoms with van der Waals surface area (Å²) in [6.45, 7) is 2.20. The zero-order chi connectivity index (χ0) is 12.3. The van der Waals surface area contributed by atoms with Gasteiger partial charge in [-0.1, -0.05) is 19.4 Å². The second kappa shape index (κ2) is 5.48. The van der Waals surface area contributed by atoms with E-state index in [9.17, 15) is 8.78 Å². The molecule has 0 spiro atoms. The fourth-order valence-electron chi connectivity index (χ4n) is 2.55. The third-order valence-electron chi connectivity index (χ3n) is 3.74. The SMILES string of the molecule is CCC1CCC(Nc2c(F)cccc2F)CC1. The number of nitrogens with one attached hydrogen (secondary N) is 1. The molecule has 2 rings (SSSR count). The van der Waals surface area contributed by atoms with Gasteiger partial charge in [0, 0.05) is 6.04 Å². The Balaban J connectivity index is 1.98. The molecule has 0 atom stereocenters. The Morgan fingerprint density at radius 2 is 1.71 bits per heavy atom. The van der Waals surface area contributed by atoms with E-state index in [1.807, 2.05) is 0 Å². The van der Waals surface area contributed by atoms with Crippen LogP contribution in [0.1, 0.15) is 39.0 Å². The van der Waals surface area contributed by atoms with E-state index in [2.05, 4.69) is 12.2 Å². The van der Waals surface area contributed by atoms with Crippen LogP contribution in [0.25, 0.3) is 0 Å². The maximum Gasteiger partial charge on any atom is 0.149 e. The van der Waals surface area contributed by atoms with Crippen molar-refractivity contribution in [3.8, 4) is 0 Å². The molecular formula is C14H19F2N. The summed E-state index contributed by atoms with van der Waals surface area (Å²) < 4.78 is 26.9. The van der Waals surface area contributed by atoms with E-state index in [1.165, 1.54) is 24.6 Å². The summed E-state index contributed by atoms with van der Waals surface area (Å²) in [7, 11) is 0. The molecule has 1 aromatic carbocycles. The van der Waals surface area contributed by atoms with Crippen LogP contribution in [0.2, 0.25) is 0 Å². The summed E-state index contributed by atoms with van der Waals surface area (Å²) in [4.78, 5) is 0. The van der Waals surface area contributed by atoms with Gasteiger partial charge in [-0.05, 0) is 43.7 Å². The summed E-state index contributed by atoms with van der Waals surface area (Å²) in [5.74, 6) is -0.205. The van der Waals surface area contributed by atoms with Crippen molar-refractivity contribution in [3.63, 3.8) is 0 Å². The standard InChI is InChI=1S/C14H19F2N/c1-2-10-6-8-11(9-7-10)17-14-12(15)4-3-5-13(14)16/h3-5,10-11,17H,2,6-9H2,1H3. The van der Waals surface area contributed by atoms with Crippen molar-refractivity contribution in [2.24, 2.45) is 5.92 Å². The second-order valence-electron chi connectivity index (χ2n) is 4.87. The van der Waals surface area contributed by atoms with E-state index in [-0.39, 0.29) is 11.7 Å². The highest BCUT2D eigenvalue weighted by Gasteiger charge is 2.21. The molecule has 0 amide bonds. The molecule has 0 aromatic heterocycles. The van der Waals surface area contributed by atoms with Crippen LogP contribution >= 0.6 is 0 Å².